The SMILES string of the molecule is Nc1ccc(O)c(CNC(=O)C2Cc3ccccc3C2)c1. The summed E-state index contributed by atoms with van der Waals surface area (Å²) >= 11 is 0. The first-order valence-corrected chi connectivity index (χ1v) is 7.05. The zero-order valence-electron chi connectivity index (χ0n) is 11.7. The largest absolute Gasteiger partial charge is 0.508 e. The van der Waals surface area contributed by atoms with Gasteiger partial charge in [0, 0.05) is 23.7 Å². The minimum atomic E-state index is -0.0226. The van der Waals surface area contributed by atoms with Crippen LogP contribution >= 0.6 is 0 Å². The van der Waals surface area contributed by atoms with E-state index in [-0.39, 0.29) is 17.6 Å². The summed E-state index contributed by atoms with van der Waals surface area (Å²) in [5, 5.41) is 12.6. The molecule has 1 aliphatic rings. The average molecular weight is 282 g/mol. The van der Waals surface area contributed by atoms with E-state index in [2.05, 4.69) is 17.4 Å². The number of hydrogen-bond acceptors (Lipinski definition) is 3. The number of aromatic hydroxyl groups is 1. The highest BCUT2D eigenvalue weighted by atomic mass is 16.3. The molecule has 0 spiro atoms. The third-order valence-electron chi connectivity index (χ3n) is 3.98. The van der Waals surface area contributed by atoms with Crippen LogP contribution in [0.25, 0.3) is 0 Å². The van der Waals surface area contributed by atoms with Gasteiger partial charge in [-0.3, -0.25) is 4.79 Å². The molecule has 0 aromatic heterocycles. The lowest BCUT2D eigenvalue weighted by Crippen LogP contribution is -2.30. The summed E-state index contributed by atoms with van der Waals surface area (Å²) in [6, 6.07) is 13.0. The highest BCUT2D eigenvalue weighted by molar-refractivity contribution is 5.80. The number of anilines is 1. The van der Waals surface area contributed by atoms with Crippen molar-refractivity contribution in [3.63, 3.8) is 0 Å². The van der Waals surface area contributed by atoms with Crippen LogP contribution in [-0.4, -0.2) is 11.0 Å². The van der Waals surface area contributed by atoms with Crippen molar-refractivity contribution in [2.24, 2.45) is 5.92 Å². The first kappa shape index (κ1) is 13.5. The smallest absolute Gasteiger partial charge is 0.224 e. The van der Waals surface area contributed by atoms with Gasteiger partial charge in [-0.2, -0.15) is 0 Å². The Bertz CT molecular complexity index is 657. The van der Waals surface area contributed by atoms with E-state index >= 15 is 0 Å². The number of benzene rings is 2. The van der Waals surface area contributed by atoms with Crippen LogP contribution in [0.3, 0.4) is 0 Å². The van der Waals surface area contributed by atoms with E-state index in [0.717, 1.165) is 12.8 Å². The molecule has 0 unspecified atom stereocenters. The molecule has 0 atom stereocenters. The second-order valence-electron chi connectivity index (χ2n) is 5.48. The van der Waals surface area contributed by atoms with E-state index in [0.29, 0.717) is 17.8 Å². The molecule has 0 saturated carbocycles. The Morgan fingerprint density at radius 1 is 1.19 bits per heavy atom. The van der Waals surface area contributed by atoms with Gasteiger partial charge in [0.2, 0.25) is 5.91 Å². The highest BCUT2D eigenvalue weighted by Crippen LogP contribution is 2.27. The third-order valence-corrected chi connectivity index (χ3v) is 3.98. The molecular weight excluding hydrogens is 264 g/mol. The van der Waals surface area contributed by atoms with Gasteiger partial charge in [0.25, 0.3) is 0 Å². The molecule has 2 aromatic rings. The zero-order valence-corrected chi connectivity index (χ0v) is 11.7. The maximum absolute atomic E-state index is 12.3. The number of nitrogens with two attached hydrogens (primary N) is 1. The first-order valence-electron chi connectivity index (χ1n) is 7.05. The summed E-state index contributed by atoms with van der Waals surface area (Å²) in [5.74, 6) is 0.151. The monoisotopic (exact) mass is 282 g/mol. The molecule has 4 nitrogen and oxygen atoms in total. The summed E-state index contributed by atoms with van der Waals surface area (Å²) in [4.78, 5) is 12.3. The quantitative estimate of drug-likeness (QED) is 0.595. The van der Waals surface area contributed by atoms with Crippen LogP contribution in [0.4, 0.5) is 5.69 Å². The molecule has 0 bridgehead atoms. The zero-order chi connectivity index (χ0) is 14.8. The Kier molecular flexibility index (Phi) is 3.52. The van der Waals surface area contributed by atoms with Crippen molar-refractivity contribution in [2.45, 2.75) is 19.4 Å². The number of rotatable bonds is 3. The Labute approximate surface area is 123 Å². The number of nitrogens with one attached hydrogen (secondary N) is 1. The molecule has 4 N–H and O–H groups in total. The minimum Gasteiger partial charge on any atom is -0.508 e. The number of carbonyl (C=O) groups excluding carboxylic acids is 1. The lowest BCUT2D eigenvalue weighted by atomic mass is 10.1. The number of nitrogen functional groups attached to an aromatic ring is 1. The third kappa shape index (κ3) is 2.84. The predicted molar refractivity (Wildman–Crippen MR) is 81.7 cm³/mol. The van der Waals surface area contributed by atoms with E-state index in [1.54, 1.807) is 18.2 Å². The predicted octanol–water partition coefficient (Wildman–Crippen LogP) is 2.01. The molecule has 21 heavy (non-hydrogen) atoms. The standard InChI is InChI=1S/C17H18N2O2/c18-15-5-6-16(20)14(9-15)10-19-17(21)13-7-11-3-1-2-4-12(11)8-13/h1-6,9,13,20H,7-8,10,18H2,(H,19,21). The van der Waals surface area contributed by atoms with Gasteiger partial charge >= 0.3 is 0 Å². The minimum absolute atomic E-state index is 0.0213. The average Bonchev–Trinajstić information content (AvgIpc) is 2.92. The molecule has 2 aromatic carbocycles. The van der Waals surface area contributed by atoms with Gasteiger partial charge in [0.05, 0.1) is 0 Å². The Balaban J connectivity index is 1.62. The van der Waals surface area contributed by atoms with Gasteiger partial charge in [-0.1, -0.05) is 24.3 Å². The van der Waals surface area contributed by atoms with Crippen molar-refractivity contribution >= 4 is 11.6 Å². The van der Waals surface area contributed by atoms with E-state index in [1.807, 2.05) is 12.1 Å². The molecular formula is C17H18N2O2. The molecule has 0 fully saturated rings. The van der Waals surface area contributed by atoms with E-state index in [4.69, 9.17) is 5.73 Å². The number of carbonyl (C=O) groups is 1. The Hall–Kier alpha value is -2.49. The number of fused-ring (bicyclic) bond motifs is 1. The van der Waals surface area contributed by atoms with Crippen LogP contribution < -0.4 is 11.1 Å². The van der Waals surface area contributed by atoms with Gasteiger partial charge in [-0.05, 0) is 42.2 Å². The van der Waals surface area contributed by atoms with E-state index in [1.165, 1.54) is 11.1 Å². The van der Waals surface area contributed by atoms with Crippen molar-refractivity contribution in [1.82, 2.24) is 5.32 Å². The van der Waals surface area contributed by atoms with Gasteiger partial charge in [-0.25, -0.2) is 0 Å². The van der Waals surface area contributed by atoms with Crippen molar-refractivity contribution < 1.29 is 9.90 Å². The topological polar surface area (TPSA) is 75.3 Å². The fraction of sp³-hybridized carbons (Fsp3) is 0.235. The molecule has 0 radical (unpaired) electrons. The fourth-order valence-corrected chi connectivity index (χ4v) is 2.82. The fourth-order valence-electron chi connectivity index (χ4n) is 2.82. The maximum Gasteiger partial charge on any atom is 0.224 e. The molecule has 108 valence electrons. The van der Waals surface area contributed by atoms with Crippen molar-refractivity contribution in [2.75, 3.05) is 5.73 Å². The second kappa shape index (κ2) is 5.48. The molecule has 0 aliphatic heterocycles. The normalized spacial score (nSPS) is 13.9. The van der Waals surface area contributed by atoms with E-state index < -0.39 is 0 Å². The molecule has 0 heterocycles. The molecule has 4 heteroatoms. The summed E-state index contributed by atoms with van der Waals surface area (Å²) in [6.07, 6.45) is 1.57. The number of phenols is 1. The molecule has 3 rings (SSSR count). The van der Waals surface area contributed by atoms with Crippen LogP contribution in [0.1, 0.15) is 16.7 Å². The van der Waals surface area contributed by atoms with Crippen molar-refractivity contribution in [1.29, 1.82) is 0 Å². The van der Waals surface area contributed by atoms with Crippen LogP contribution in [0, 0.1) is 5.92 Å². The molecule has 1 aliphatic carbocycles. The van der Waals surface area contributed by atoms with Gasteiger partial charge < -0.3 is 16.2 Å². The number of amides is 1. The van der Waals surface area contributed by atoms with Crippen molar-refractivity contribution in [3.05, 3.63) is 59.2 Å². The number of phenolic OH excluding ortho intramolecular Hbond substituents is 1. The van der Waals surface area contributed by atoms with Crippen LogP contribution in [-0.2, 0) is 24.2 Å². The van der Waals surface area contributed by atoms with Crippen LogP contribution in [0.15, 0.2) is 42.5 Å². The van der Waals surface area contributed by atoms with E-state index in [9.17, 15) is 9.90 Å². The number of hydrogen-bond donors (Lipinski definition) is 3. The summed E-state index contributed by atoms with van der Waals surface area (Å²) in [6.45, 7) is 0.294. The lowest BCUT2D eigenvalue weighted by molar-refractivity contribution is -0.124. The van der Waals surface area contributed by atoms with Gasteiger partial charge in [0.15, 0.2) is 0 Å². The summed E-state index contributed by atoms with van der Waals surface area (Å²) in [7, 11) is 0. The van der Waals surface area contributed by atoms with Crippen LogP contribution in [0.5, 0.6) is 5.75 Å². The Morgan fingerprint density at radius 2 is 1.86 bits per heavy atom. The lowest BCUT2D eigenvalue weighted by Gasteiger charge is -2.11. The maximum atomic E-state index is 12.3. The second-order valence-corrected chi connectivity index (χ2v) is 5.48. The molecule has 0 saturated heterocycles. The van der Waals surface area contributed by atoms with Crippen molar-refractivity contribution in [3.8, 4) is 5.75 Å². The summed E-state index contributed by atoms with van der Waals surface area (Å²) < 4.78 is 0. The van der Waals surface area contributed by atoms with Crippen LogP contribution in [0.2, 0.25) is 0 Å². The Morgan fingerprint density at radius 3 is 2.52 bits per heavy atom. The first-order chi connectivity index (χ1) is 10.1. The highest BCUT2D eigenvalue weighted by Gasteiger charge is 2.26. The van der Waals surface area contributed by atoms with Gasteiger partial charge in [-0.15, -0.1) is 0 Å². The molecule has 1 amide bonds. The summed E-state index contributed by atoms with van der Waals surface area (Å²) in [5.41, 5.74) is 9.41. The van der Waals surface area contributed by atoms with Gasteiger partial charge in [0.1, 0.15) is 5.75 Å².